The Hall–Kier alpha value is -3.56. The fourth-order valence-electron chi connectivity index (χ4n) is 3.83. The topological polar surface area (TPSA) is 117 Å². The maximum Gasteiger partial charge on any atom is 0.411 e. The quantitative estimate of drug-likeness (QED) is 0.665. The first-order valence-electron chi connectivity index (χ1n) is 11.6. The highest BCUT2D eigenvalue weighted by Gasteiger charge is 2.43. The number of aromatic nitrogens is 2. The van der Waals surface area contributed by atoms with Crippen LogP contribution in [0.25, 0.3) is 11.3 Å². The number of alkyl carbamates (subject to hydrolysis) is 1. The van der Waals surface area contributed by atoms with Gasteiger partial charge in [0.1, 0.15) is 23.5 Å². The van der Waals surface area contributed by atoms with Crippen molar-refractivity contribution in [3.8, 4) is 11.3 Å². The van der Waals surface area contributed by atoms with E-state index in [1.807, 2.05) is 45.0 Å². The van der Waals surface area contributed by atoms with Gasteiger partial charge in [-0.2, -0.15) is 0 Å². The molecule has 0 unspecified atom stereocenters. The molecule has 2 heterocycles. The second-order valence-electron chi connectivity index (χ2n) is 10.1. The fraction of sp³-hybridized carbons (Fsp3) is 0.520. The maximum absolute atomic E-state index is 13.6. The number of H-pyrrole nitrogens is 1. The summed E-state index contributed by atoms with van der Waals surface area (Å²) in [7, 11) is 1.25. The Labute approximate surface area is 206 Å². The highest BCUT2D eigenvalue weighted by Crippen LogP contribution is 2.30. The van der Waals surface area contributed by atoms with Crippen LogP contribution in [0.1, 0.15) is 52.0 Å². The van der Waals surface area contributed by atoms with Gasteiger partial charge in [0.15, 0.2) is 0 Å². The average molecular weight is 486 g/mol. The van der Waals surface area contributed by atoms with E-state index in [1.165, 1.54) is 12.0 Å². The lowest BCUT2D eigenvalue weighted by molar-refractivity contribution is -0.135. The van der Waals surface area contributed by atoms with Gasteiger partial charge in [-0.25, -0.2) is 14.6 Å². The molecule has 2 aromatic rings. The van der Waals surface area contributed by atoms with Gasteiger partial charge < -0.3 is 24.7 Å². The van der Waals surface area contributed by atoms with Crippen LogP contribution in [0.15, 0.2) is 30.5 Å². The van der Waals surface area contributed by atoms with Crippen LogP contribution < -0.4 is 5.32 Å². The van der Waals surface area contributed by atoms with E-state index in [-0.39, 0.29) is 25.0 Å². The van der Waals surface area contributed by atoms with Crippen molar-refractivity contribution >= 4 is 18.1 Å². The number of carbonyl (C=O) groups excluding carboxylic acids is 3. The second-order valence-corrected chi connectivity index (χ2v) is 10.1. The molecule has 1 saturated heterocycles. The molecule has 10 heteroatoms. The van der Waals surface area contributed by atoms with E-state index in [1.54, 1.807) is 31.9 Å². The number of imidazole rings is 1. The van der Waals surface area contributed by atoms with Crippen molar-refractivity contribution in [1.82, 2.24) is 25.1 Å². The van der Waals surface area contributed by atoms with E-state index in [0.29, 0.717) is 5.82 Å². The molecule has 0 bridgehead atoms. The lowest BCUT2D eigenvalue weighted by Crippen LogP contribution is -2.51. The van der Waals surface area contributed by atoms with E-state index < -0.39 is 29.9 Å². The molecule has 10 nitrogen and oxygen atoms in total. The van der Waals surface area contributed by atoms with Gasteiger partial charge in [0.25, 0.3) is 0 Å². The van der Waals surface area contributed by atoms with Crippen LogP contribution in [0.2, 0.25) is 0 Å². The summed E-state index contributed by atoms with van der Waals surface area (Å²) in [6.45, 7) is 11.2. The van der Waals surface area contributed by atoms with Crippen LogP contribution in [-0.2, 0) is 14.3 Å². The summed E-state index contributed by atoms with van der Waals surface area (Å²) in [6, 6.07) is 6.62. The normalized spacial score (nSPS) is 16.9. The lowest BCUT2D eigenvalue weighted by Gasteiger charge is -2.29. The van der Waals surface area contributed by atoms with Gasteiger partial charge in [0.2, 0.25) is 5.91 Å². The standard InChI is InChI=1S/C25H35N5O5/c1-15(2)20(28-23(32)34-7)22(31)30-14-29(24(33)35-25(4,5)6)13-19(30)21-26-12-18(27-21)17-10-8-16(3)9-11-17/h8-12,15,19-20H,13-14H2,1-7H3,(H,26,27)(H,28,32)/t19-,20-/m0/s1. The van der Waals surface area contributed by atoms with Crippen molar-refractivity contribution in [2.45, 2.75) is 59.2 Å². The van der Waals surface area contributed by atoms with Crippen LogP contribution in [-0.4, -0.2) is 69.8 Å². The summed E-state index contributed by atoms with van der Waals surface area (Å²) < 4.78 is 10.2. The minimum absolute atomic E-state index is 0.00501. The third kappa shape index (κ3) is 6.32. The summed E-state index contributed by atoms with van der Waals surface area (Å²) in [5.74, 6) is -0.00662. The molecule has 190 valence electrons. The van der Waals surface area contributed by atoms with Crippen LogP contribution >= 0.6 is 0 Å². The minimum atomic E-state index is -0.838. The van der Waals surface area contributed by atoms with Crippen molar-refractivity contribution in [2.75, 3.05) is 20.3 Å². The zero-order valence-electron chi connectivity index (χ0n) is 21.4. The molecular weight excluding hydrogens is 450 g/mol. The molecule has 1 aromatic heterocycles. The molecule has 1 fully saturated rings. The van der Waals surface area contributed by atoms with E-state index in [2.05, 4.69) is 15.3 Å². The Morgan fingerprint density at radius 1 is 1.17 bits per heavy atom. The highest BCUT2D eigenvalue weighted by atomic mass is 16.6. The van der Waals surface area contributed by atoms with Crippen molar-refractivity contribution in [3.05, 3.63) is 41.9 Å². The van der Waals surface area contributed by atoms with Gasteiger partial charge >= 0.3 is 12.2 Å². The first-order valence-corrected chi connectivity index (χ1v) is 11.6. The summed E-state index contributed by atoms with van der Waals surface area (Å²) >= 11 is 0. The van der Waals surface area contributed by atoms with Gasteiger partial charge in [0.05, 0.1) is 32.2 Å². The monoisotopic (exact) mass is 485 g/mol. The average Bonchev–Trinajstić information content (AvgIpc) is 3.43. The van der Waals surface area contributed by atoms with E-state index in [9.17, 15) is 14.4 Å². The molecule has 2 atom stereocenters. The number of nitrogens with zero attached hydrogens (tertiary/aromatic N) is 3. The Balaban J connectivity index is 1.92. The van der Waals surface area contributed by atoms with Crippen LogP contribution in [0.4, 0.5) is 9.59 Å². The summed E-state index contributed by atoms with van der Waals surface area (Å²) in [5.41, 5.74) is 2.23. The van der Waals surface area contributed by atoms with E-state index in [4.69, 9.17) is 9.47 Å². The number of aromatic amines is 1. The molecule has 1 aromatic carbocycles. The number of ether oxygens (including phenoxy) is 2. The zero-order valence-corrected chi connectivity index (χ0v) is 21.4. The molecule has 3 rings (SSSR count). The van der Waals surface area contributed by atoms with Gasteiger partial charge in [0, 0.05) is 0 Å². The number of hydrogen-bond donors (Lipinski definition) is 2. The maximum atomic E-state index is 13.6. The first kappa shape index (κ1) is 26.1. The van der Waals surface area contributed by atoms with Gasteiger partial charge in [-0.15, -0.1) is 0 Å². The number of rotatable bonds is 5. The number of benzene rings is 1. The molecule has 0 radical (unpaired) electrons. The van der Waals surface area contributed by atoms with Crippen LogP contribution in [0, 0.1) is 12.8 Å². The highest BCUT2D eigenvalue weighted by molar-refractivity contribution is 5.87. The van der Waals surface area contributed by atoms with Crippen LogP contribution in [0.3, 0.4) is 0 Å². The number of methoxy groups -OCH3 is 1. The van der Waals surface area contributed by atoms with Gasteiger partial charge in [-0.3, -0.25) is 9.69 Å². The van der Waals surface area contributed by atoms with Gasteiger partial charge in [-0.1, -0.05) is 43.7 Å². The predicted octanol–water partition coefficient (Wildman–Crippen LogP) is 3.84. The summed E-state index contributed by atoms with van der Waals surface area (Å²) in [6.07, 6.45) is 0.493. The lowest BCUT2D eigenvalue weighted by atomic mass is 10.0. The van der Waals surface area contributed by atoms with Crippen molar-refractivity contribution in [2.24, 2.45) is 5.92 Å². The molecule has 0 spiro atoms. The largest absolute Gasteiger partial charge is 0.453 e. The summed E-state index contributed by atoms with van der Waals surface area (Å²) in [4.78, 5) is 49.2. The first-order chi connectivity index (χ1) is 16.4. The second kappa shape index (κ2) is 10.4. The van der Waals surface area contributed by atoms with Crippen molar-refractivity contribution in [1.29, 1.82) is 0 Å². The molecule has 0 saturated carbocycles. The third-order valence-electron chi connectivity index (χ3n) is 5.69. The number of carbonyl (C=O) groups is 3. The zero-order chi connectivity index (χ0) is 25.9. The number of hydrogen-bond acceptors (Lipinski definition) is 6. The molecule has 0 aliphatic carbocycles. The number of nitrogens with one attached hydrogen (secondary N) is 2. The minimum Gasteiger partial charge on any atom is -0.453 e. The molecule has 35 heavy (non-hydrogen) atoms. The van der Waals surface area contributed by atoms with Crippen molar-refractivity contribution in [3.63, 3.8) is 0 Å². The van der Waals surface area contributed by atoms with Gasteiger partial charge in [-0.05, 0) is 39.2 Å². The van der Waals surface area contributed by atoms with E-state index >= 15 is 0 Å². The molecule has 3 amide bonds. The fourth-order valence-corrected chi connectivity index (χ4v) is 3.83. The molecular formula is C25H35N5O5. The molecule has 1 aliphatic heterocycles. The Bertz CT molecular complexity index is 1060. The van der Waals surface area contributed by atoms with Crippen molar-refractivity contribution < 1.29 is 23.9 Å². The molecule has 2 N–H and O–H groups in total. The Kier molecular flexibility index (Phi) is 7.72. The molecule has 1 aliphatic rings. The van der Waals surface area contributed by atoms with Crippen LogP contribution in [0.5, 0.6) is 0 Å². The number of aryl methyl sites for hydroxylation is 1. The summed E-state index contributed by atoms with van der Waals surface area (Å²) in [5, 5.41) is 2.62. The Morgan fingerprint density at radius 3 is 2.40 bits per heavy atom. The smallest absolute Gasteiger partial charge is 0.411 e. The SMILES string of the molecule is COC(=O)N[C@H](C(=O)N1CN(C(=O)OC(C)(C)C)C[C@H]1c1ncc(-c2ccc(C)cc2)[nH]1)C(C)C. The number of amides is 3. The van der Waals surface area contributed by atoms with E-state index in [0.717, 1.165) is 16.8 Å². The third-order valence-corrected chi connectivity index (χ3v) is 5.69. The Morgan fingerprint density at radius 2 is 1.83 bits per heavy atom. The predicted molar refractivity (Wildman–Crippen MR) is 130 cm³/mol.